The van der Waals surface area contributed by atoms with Gasteiger partial charge in [-0.25, -0.2) is 9.78 Å². The number of rotatable bonds is 4. The summed E-state index contributed by atoms with van der Waals surface area (Å²) in [4.78, 5) is 15.8. The third-order valence-corrected chi connectivity index (χ3v) is 2.83. The van der Waals surface area contributed by atoms with Gasteiger partial charge in [0, 0.05) is 6.54 Å². The van der Waals surface area contributed by atoms with Crippen LogP contribution in [0.3, 0.4) is 0 Å². The molecule has 1 aromatic carbocycles. The van der Waals surface area contributed by atoms with E-state index < -0.39 is 5.97 Å². The van der Waals surface area contributed by atoms with Gasteiger partial charge in [0.25, 0.3) is 0 Å². The van der Waals surface area contributed by atoms with Gasteiger partial charge in [-0.15, -0.1) is 0 Å². The van der Waals surface area contributed by atoms with Crippen molar-refractivity contribution in [3.8, 4) is 6.07 Å². The fourth-order valence-electron chi connectivity index (χ4n) is 1.82. The molecular formula is C15H14N4O2. The molecule has 0 saturated carbocycles. The van der Waals surface area contributed by atoms with Gasteiger partial charge in [-0.05, 0) is 23.8 Å². The predicted octanol–water partition coefficient (Wildman–Crippen LogP) is 1.93. The highest BCUT2D eigenvalue weighted by Crippen LogP contribution is 2.17. The molecule has 1 aromatic heterocycles. The first-order valence-corrected chi connectivity index (χ1v) is 6.21. The van der Waals surface area contributed by atoms with E-state index in [1.54, 1.807) is 18.2 Å². The maximum atomic E-state index is 11.7. The minimum absolute atomic E-state index is 0.272. The molecule has 0 radical (unpaired) electrons. The van der Waals surface area contributed by atoms with Crippen LogP contribution >= 0.6 is 0 Å². The zero-order valence-electron chi connectivity index (χ0n) is 11.5. The van der Waals surface area contributed by atoms with Crippen LogP contribution in [0.4, 0.5) is 11.5 Å². The third kappa shape index (κ3) is 3.48. The number of esters is 1. The second-order valence-electron chi connectivity index (χ2n) is 4.32. The van der Waals surface area contributed by atoms with E-state index in [9.17, 15) is 4.79 Å². The van der Waals surface area contributed by atoms with Gasteiger partial charge in [-0.1, -0.05) is 12.1 Å². The van der Waals surface area contributed by atoms with Crippen molar-refractivity contribution in [3.05, 3.63) is 53.2 Å². The van der Waals surface area contributed by atoms with Crippen LogP contribution in [0.25, 0.3) is 0 Å². The Bertz CT molecular complexity index is 707. The number of ether oxygens (including phenoxy) is 1. The quantitative estimate of drug-likeness (QED) is 0.831. The molecule has 1 heterocycles. The lowest BCUT2D eigenvalue weighted by molar-refractivity contribution is 0.0601. The molecule has 0 aliphatic heterocycles. The first-order valence-electron chi connectivity index (χ1n) is 6.21. The van der Waals surface area contributed by atoms with Crippen LogP contribution in [-0.2, 0) is 11.3 Å². The average molecular weight is 282 g/mol. The van der Waals surface area contributed by atoms with Gasteiger partial charge in [-0.3, -0.25) is 0 Å². The maximum Gasteiger partial charge on any atom is 0.341 e. The summed E-state index contributed by atoms with van der Waals surface area (Å²) in [6.45, 7) is 0.427. The van der Waals surface area contributed by atoms with Crippen LogP contribution in [0.1, 0.15) is 21.5 Å². The Morgan fingerprint density at radius 3 is 3.00 bits per heavy atom. The number of methoxy groups -OCH3 is 1. The average Bonchev–Trinajstić information content (AvgIpc) is 2.53. The number of pyridine rings is 1. The molecule has 0 unspecified atom stereocenters. The number of nitrogens with one attached hydrogen (secondary N) is 1. The van der Waals surface area contributed by atoms with E-state index in [0.29, 0.717) is 23.6 Å². The van der Waals surface area contributed by atoms with Crippen molar-refractivity contribution in [2.75, 3.05) is 18.2 Å². The molecule has 2 rings (SSSR count). The number of carbonyl (C=O) groups is 1. The fourth-order valence-corrected chi connectivity index (χ4v) is 1.82. The molecule has 0 atom stereocenters. The topological polar surface area (TPSA) is 101 Å². The molecule has 106 valence electrons. The van der Waals surface area contributed by atoms with Crippen molar-refractivity contribution in [3.63, 3.8) is 0 Å². The lowest BCUT2D eigenvalue weighted by Crippen LogP contribution is -2.10. The first-order chi connectivity index (χ1) is 10.1. The molecular weight excluding hydrogens is 268 g/mol. The molecule has 21 heavy (non-hydrogen) atoms. The van der Waals surface area contributed by atoms with E-state index in [0.717, 1.165) is 5.56 Å². The highest BCUT2D eigenvalue weighted by molar-refractivity contribution is 5.95. The van der Waals surface area contributed by atoms with Gasteiger partial charge in [-0.2, -0.15) is 5.26 Å². The Labute approximate surface area is 122 Å². The second kappa shape index (κ2) is 6.39. The number of aromatic nitrogens is 1. The Kier molecular flexibility index (Phi) is 4.36. The van der Waals surface area contributed by atoms with E-state index in [2.05, 4.69) is 16.4 Å². The predicted molar refractivity (Wildman–Crippen MR) is 78.5 cm³/mol. The molecule has 2 aromatic rings. The third-order valence-electron chi connectivity index (χ3n) is 2.83. The molecule has 0 aliphatic rings. The summed E-state index contributed by atoms with van der Waals surface area (Å²) in [6.07, 6.45) is 1.46. The normalized spacial score (nSPS) is 9.71. The van der Waals surface area contributed by atoms with Crippen molar-refractivity contribution >= 4 is 17.5 Å². The molecule has 0 bridgehead atoms. The molecule has 0 saturated heterocycles. The number of hydrogen-bond donors (Lipinski definition) is 2. The number of carbonyl (C=O) groups excluding carboxylic acids is 1. The van der Waals surface area contributed by atoms with Crippen LogP contribution in [0, 0.1) is 11.3 Å². The lowest BCUT2D eigenvalue weighted by atomic mass is 10.1. The van der Waals surface area contributed by atoms with Gasteiger partial charge in [0.05, 0.1) is 30.6 Å². The highest BCUT2D eigenvalue weighted by atomic mass is 16.5. The van der Waals surface area contributed by atoms with Crippen molar-refractivity contribution < 1.29 is 9.53 Å². The van der Waals surface area contributed by atoms with Crippen LogP contribution in [0.15, 0.2) is 36.5 Å². The number of anilines is 2. The maximum absolute atomic E-state index is 11.7. The van der Waals surface area contributed by atoms with E-state index in [1.165, 1.54) is 19.4 Å². The van der Waals surface area contributed by atoms with Crippen molar-refractivity contribution in [2.24, 2.45) is 0 Å². The molecule has 6 nitrogen and oxygen atoms in total. The number of nitrogens with zero attached hydrogens (tertiary/aromatic N) is 2. The van der Waals surface area contributed by atoms with Gasteiger partial charge in [0.15, 0.2) is 0 Å². The number of benzene rings is 1. The van der Waals surface area contributed by atoms with Gasteiger partial charge >= 0.3 is 5.97 Å². The van der Waals surface area contributed by atoms with Crippen molar-refractivity contribution in [2.45, 2.75) is 6.54 Å². The second-order valence-corrected chi connectivity index (χ2v) is 4.32. The minimum Gasteiger partial charge on any atom is -0.465 e. The molecule has 3 N–H and O–H groups in total. The number of nitriles is 1. The molecule has 6 heteroatoms. The Morgan fingerprint density at radius 2 is 2.29 bits per heavy atom. The highest BCUT2D eigenvalue weighted by Gasteiger charge is 2.13. The number of nitrogens with two attached hydrogens (primary N) is 1. The summed E-state index contributed by atoms with van der Waals surface area (Å²) in [6, 6.07) is 10.8. The minimum atomic E-state index is -0.511. The van der Waals surface area contributed by atoms with Crippen molar-refractivity contribution in [1.29, 1.82) is 5.26 Å². The molecule has 0 fully saturated rings. The summed E-state index contributed by atoms with van der Waals surface area (Å²) in [5.41, 5.74) is 7.77. The summed E-state index contributed by atoms with van der Waals surface area (Å²) in [5.74, 6) is -0.124. The summed E-state index contributed by atoms with van der Waals surface area (Å²) in [5, 5.41) is 11.9. The van der Waals surface area contributed by atoms with Crippen LogP contribution in [0.5, 0.6) is 0 Å². The monoisotopic (exact) mass is 282 g/mol. The smallest absolute Gasteiger partial charge is 0.341 e. The van der Waals surface area contributed by atoms with Crippen LogP contribution < -0.4 is 11.1 Å². The van der Waals surface area contributed by atoms with Crippen molar-refractivity contribution in [1.82, 2.24) is 4.98 Å². The summed E-state index contributed by atoms with van der Waals surface area (Å²) in [7, 11) is 1.30. The molecule has 0 amide bonds. The standard InChI is InChI=1S/C15H14N4O2/c1-21-15(20)13-6-12(17)9-19-14(13)18-8-11-4-2-3-10(5-11)7-16/h2-6,9H,8,17H2,1H3,(H,18,19). The van der Waals surface area contributed by atoms with Gasteiger partial charge < -0.3 is 15.8 Å². The fraction of sp³-hybridized carbons (Fsp3) is 0.133. The zero-order chi connectivity index (χ0) is 15.2. The van der Waals surface area contributed by atoms with E-state index in [1.807, 2.05) is 6.07 Å². The van der Waals surface area contributed by atoms with Gasteiger partial charge in [0.2, 0.25) is 0 Å². The Morgan fingerprint density at radius 1 is 1.48 bits per heavy atom. The van der Waals surface area contributed by atoms with Gasteiger partial charge in [0.1, 0.15) is 11.4 Å². The zero-order valence-corrected chi connectivity index (χ0v) is 11.5. The lowest BCUT2D eigenvalue weighted by Gasteiger charge is -2.10. The first kappa shape index (κ1) is 14.3. The number of hydrogen-bond acceptors (Lipinski definition) is 6. The van der Waals surface area contributed by atoms with Crippen LogP contribution in [-0.4, -0.2) is 18.1 Å². The van der Waals surface area contributed by atoms with E-state index >= 15 is 0 Å². The van der Waals surface area contributed by atoms with E-state index in [-0.39, 0.29) is 5.56 Å². The van der Waals surface area contributed by atoms with E-state index in [4.69, 9.17) is 15.7 Å². The van der Waals surface area contributed by atoms with Crippen LogP contribution in [0.2, 0.25) is 0 Å². The number of nitrogen functional groups attached to an aromatic ring is 1. The summed E-state index contributed by atoms with van der Waals surface area (Å²) >= 11 is 0. The molecule has 0 spiro atoms. The Hall–Kier alpha value is -3.07. The Balaban J connectivity index is 2.20. The summed E-state index contributed by atoms with van der Waals surface area (Å²) < 4.78 is 4.70. The molecule has 0 aliphatic carbocycles. The largest absolute Gasteiger partial charge is 0.465 e. The SMILES string of the molecule is COC(=O)c1cc(N)cnc1NCc1cccc(C#N)c1.